The van der Waals surface area contributed by atoms with Gasteiger partial charge < -0.3 is 14.4 Å². The van der Waals surface area contributed by atoms with Crippen LogP contribution in [0.3, 0.4) is 0 Å². The molecule has 0 saturated carbocycles. The number of epoxide rings is 1. The Kier molecular flexibility index (Phi) is 2.81. The molecule has 1 aliphatic rings. The molecule has 0 aromatic carbocycles. The Labute approximate surface area is 71.5 Å². The molecule has 1 saturated heterocycles. The molecule has 12 heavy (non-hydrogen) atoms. The highest BCUT2D eigenvalue weighted by Crippen LogP contribution is 2.21. The third kappa shape index (κ3) is 1.64. The zero-order valence-corrected chi connectivity index (χ0v) is 7.32. The van der Waals surface area contributed by atoms with Crippen LogP contribution >= 0.6 is 0 Å². The predicted octanol–water partition coefficient (Wildman–Crippen LogP) is -0.179. The monoisotopic (exact) mass is 171 g/mol. The maximum absolute atomic E-state index is 11.4. The maximum Gasteiger partial charge on any atom is 0.254 e. The van der Waals surface area contributed by atoms with E-state index >= 15 is 0 Å². The standard InChI is InChI=1S/C8H13NO3/c1-3-9(4-2)8(11)7-6(5-10)12-7/h5-7H,3-4H2,1-2H3/t6-,7+/m1/s1. The lowest BCUT2D eigenvalue weighted by Crippen LogP contribution is -2.34. The van der Waals surface area contributed by atoms with Crippen LogP contribution in [-0.4, -0.2) is 42.4 Å². The second-order valence-electron chi connectivity index (χ2n) is 2.67. The smallest absolute Gasteiger partial charge is 0.254 e. The molecule has 1 amide bonds. The van der Waals surface area contributed by atoms with E-state index < -0.39 is 12.2 Å². The first kappa shape index (κ1) is 9.19. The summed E-state index contributed by atoms with van der Waals surface area (Å²) in [6, 6.07) is 0. The average molecular weight is 171 g/mol. The molecule has 0 spiro atoms. The van der Waals surface area contributed by atoms with Gasteiger partial charge in [-0.05, 0) is 13.8 Å². The third-order valence-corrected chi connectivity index (χ3v) is 1.98. The summed E-state index contributed by atoms with van der Waals surface area (Å²) in [5.41, 5.74) is 0. The fourth-order valence-electron chi connectivity index (χ4n) is 1.14. The van der Waals surface area contributed by atoms with E-state index in [4.69, 9.17) is 4.74 Å². The minimum Gasteiger partial charge on any atom is -0.351 e. The number of amides is 1. The van der Waals surface area contributed by atoms with E-state index in [9.17, 15) is 9.59 Å². The van der Waals surface area contributed by atoms with Crippen LogP contribution < -0.4 is 0 Å². The molecule has 2 atom stereocenters. The summed E-state index contributed by atoms with van der Waals surface area (Å²) in [4.78, 5) is 23.2. The van der Waals surface area contributed by atoms with Crippen molar-refractivity contribution in [1.29, 1.82) is 0 Å². The molecule has 0 aromatic rings. The molecule has 4 nitrogen and oxygen atoms in total. The van der Waals surface area contributed by atoms with E-state index in [-0.39, 0.29) is 5.91 Å². The van der Waals surface area contributed by atoms with Gasteiger partial charge in [0.05, 0.1) is 0 Å². The molecule has 1 rings (SSSR count). The van der Waals surface area contributed by atoms with Gasteiger partial charge in [0.2, 0.25) is 0 Å². The van der Waals surface area contributed by atoms with Crippen molar-refractivity contribution in [3.05, 3.63) is 0 Å². The molecule has 0 unspecified atom stereocenters. The first-order chi connectivity index (χ1) is 5.74. The number of rotatable bonds is 4. The summed E-state index contributed by atoms with van der Waals surface area (Å²) in [5.74, 6) is -0.0721. The summed E-state index contributed by atoms with van der Waals surface area (Å²) in [6.07, 6.45) is -0.313. The molecule has 0 N–H and O–H groups in total. The van der Waals surface area contributed by atoms with Gasteiger partial charge in [-0.15, -0.1) is 0 Å². The van der Waals surface area contributed by atoms with Crippen molar-refractivity contribution in [2.45, 2.75) is 26.1 Å². The lowest BCUT2D eigenvalue weighted by molar-refractivity contribution is -0.132. The molecule has 1 heterocycles. The van der Waals surface area contributed by atoms with Crippen molar-refractivity contribution in [1.82, 2.24) is 4.90 Å². The van der Waals surface area contributed by atoms with Crippen LogP contribution in [-0.2, 0) is 14.3 Å². The Balaban J connectivity index is 2.42. The summed E-state index contributed by atoms with van der Waals surface area (Å²) in [5, 5.41) is 0. The normalized spacial score (nSPS) is 26.5. The minimum atomic E-state index is -0.498. The van der Waals surface area contributed by atoms with Gasteiger partial charge in [0.15, 0.2) is 12.4 Å². The summed E-state index contributed by atoms with van der Waals surface area (Å²) >= 11 is 0. The summed E-state index contributed by atoms with van der Waals surface area (Å²) in [6.45, 7) is 5.14. The van der Waals surface area contributed by atoms with Gasteiger partial charge in [0.25, 0.3) is 5.91 Å². The molecule has 1 aliphatic heterocycles. The number of likely N-dealkylation sites (N-methyl/N-ethyl adjacent to an activating group) is 1. The number of carbonyl (C=O) groups excluding carboxylic acids is 2. The third-order valence-electron chi connectivity index (χ3n) is 1.98. The van der Waals surface area contributed by atoms with Crippen molar-refractivity contribution in [3.63, 3.8) is 0 Å². The van der Waals surface area contributed by atoms with Crippen molar-refractivity contribution < 1.29 is 14.3 Å². The molecule has 1 fully saturated rings. The quantitative estimate of drug-likeness (QED) is 0.435. The summed E-state index contributed by atoms with van der Waals surface area (Å²) < 4.78 is 4.85. The van der Waals surface area contributed by atoms with E-state index in [2.05, 4.69) is 0 Å². The Morgan fingerprint density at radius 3 is 2.42 bits per heavy atom. The molecule has 4 heteroatoms. The fraction of sp³-hybridized carbons (Fsp3) is 0.750. The Bertz CT molecular complexity index is 189. The first-order valence-corrected chi connectivity index (χ1v) is 4.14. The SMILES string of the molecule is CCN(CC)C(=O)[C@H]1O[C@@H]1C=O. The molecular weight excluding hydrogens is 158 g/mol. The summed E-state index contributed by atoms with van der Waals surface area (Å²) in [7, 11) is 0. The van der Waals surface area contributed by atoms with Crippen LogP contribution in [0.5, 0.6) is 0 Å². The molecule has 0 radical (unpaired) electrons. The number of aldehydes is 1. The molecule has 68 valence electrons. The van der Waals surface area contributed by atoms with Gasteiger partial charge in [-0.2, -0.15) is 0 Å². The zero-order valence-electron chi connectivity index (χ0n) is 7.32. The number of carbonyl (C=O) groups is 2. The van der Waals surface area contributed by atoms with Crippen molar-refractivity contribution in [3.8, 4) is 0 Å². The van der Waals surface area contributed by atoms with Gasteiger partial charge >= 0.3 is 0 Å². The van der Waals surface area contributed by atoms with Crippen LogP contribution in [0.4, 0.5) is 0 Å². The zero-order chi connectivity index (χ0) is 9.14. The van der Waals surface area contributed by atoms with E-state index in [1.807, 2.05) is 13.8 Å². The minimum absolute atomic E-state index is 0.0721. The molecule has 0 aromatic heterocycles. The van der Waals surface area contributed by atoms with Crippen LogP contribution in [0.25, 0.3) is 0 Å². The Hall–Kier alpha value is -0.900. The van der Waals surface area contributed by atoms with Crippen LogP contribution in [0.1, 0.15) is 13.8 Å². The number of hydrogen-bond acceptors (Lipinski definition) is 3. The second-order valence-corrected chi connectivity index (χ2v) is 2.67. The highest BCUT2D eigenvalue weighted by atomic mass is 16.6. The second kappa shape index (κ2) is 3.67. The molecule has 0 aliphatic carbocycles. The van der Waals surface area contributed by atoms with Gasteiger partial charge in [-0.25, -0.2) is 0 Å². The largest absolute Gasteiger partial charge is 0.351 e. The fourth-order valence-corrected chi connectivity index (χ4v) is 1.14. The van der Waals surface area contributed by atoms with Gasteiger partial charge in [0.1, 0.15) is 6.10 Å². The van der Waals surface area contributed by atoms with Gasteiger partial charge in [-0.3, -0.25) is 4.79 Å². The van der Waals surface area contributed by atoms with Crippen LogP contribution in [0.2, 0.25) is 0 Å². The van der Waals surface area contributed by atoms with E-state index in [0.29, 0.717) is 19.4 Å². The van der Waals surface area contributed by atoms with Gasteiger partial charge in [-0.1, -0.05) is 0 Å². The number of ether oxygens (including phenoxy) is 1. The van der Waals surface area contributed by atoms with E-state index in [1.165, 1.54) is 0 Å². The molecule has 0 bridgehead atoms. The van der Waals surface area contributed by atoms with Crippen LogP contribution in [0, 0.1) is 0 Å². The Morgan fingerprint density at radius 2 is 2.08 bits per heavy atom. The highest BCUT2D eigenvalue weighted by Gasteiger charge is 2.46. The Morgan fingerprint density at radius 1 is 1.50 bits per heavy atom. The van der Waals surface area contributed by atoms with Crippen molar-refractivity contribution in [2.24, 2.45) is 0 Å². The van der Waals surface area contributed by atoms with Gasteiger partial charge in [0, 0.05) is 13.1 Å². The number of hydrogen-bond donors (Lipinski definition) is 0. The first-order valence-electron chi connectivity index (χ1n) is 4.14. The lowest BCUT2D eigenvalue weighted by Gasteiger charge is -2.16. The molecular formula is C8H13NO3. The van der Waals surface area contributed by atoms with Crippen molar-refractivity contribution in [2.75, 3.05) is 13.1 Å². The predicted molar refractivity (Wildman–Crippen MR) is 42.7 cm³/mol. The van der Waals surface area contributed by atoms with Crippen molar-refractivity contribution >= 4 is 12.2 Å². The maximum atomic E-state index is 11.4. The van der Waals surface area contributed by atoms with E-state index in [1.54, 1.807) is 4.90 Å². The topological polar surface area (TPSA) is 49.9 Å². The lowest BCUT2D eigenvalue weighted by atomic mass is 10.3. The average Bonchev–Trinajstić information content (AvgIpc) is 2.85. The number of nitrogens with zero attached hydrogens (tertiary/aromatic N) is 1. The van der Waals surface area contributed by atoms with Crippen LogP contribution in [0.15, 0.2) is 0 Å². The van der Waals surface area contributed by atoms with E-state index in [0.717, 1.165) is 0 Å². The highest BCUT2D eigenvalue weighted by molar-refractivity contribution is 5.88.